The molecule has 2 aromatic rings. The SMILES string of the molecule is O=C1CCC2(CCN(C(=O)c3ncccc3O)CC2)CN1CCCn1ccnc1. The number of hydrogen-bond acceptors (Lipinski definition) is 5. The first kappa shape index (κ1) is 19.4. The third kappa shape index (κ3) is 4.26. The van der Waals surface area contributed by atoms with Gasteiger partial charge in [-0.25, -0.2) is 9.97 Å². The molecule has 8 heteroatoms. The van der Waals surface area contributed by atoms with Crippen LogP contribution in [0.3, 0.4) is 0 Å². The van der Waals surface area contributed by atoms with Crippen molar-refractivity contribution in [3.63, 3.8) is 0 Å². The molecule has 2 saturated heterocycles. The molecule has 0 atom stereocenters. The number of rotatable bonds is 5. The van der Waals surface area contributed by atoms with E-state index < -0.39 is 0 Å². The molecule has 4 rings (SSSR count). The molecule has 4 heterocycles. The Morgan fingerprint density at radius 1 is 1.17 bits per heavy atom. The minimum Gasteiger partial charge on any atom is -0.505 e. The van der Waals surface area contributed by atoms with Crippen LogP contribution in [0.2, 0.25) is 0 Å². The van der Waals surface area contributed by atoms with Crippen molar-refractivity contribution in [2.75, 3.05) is 26.2 Å². The Bertz CT molecular complexity index is 859. The maximum Gasteiger partial charge on any atom is 0.276 e. The summed E-state index contributed by atoms with van der Waals surface area (Å²) in [5, 5.41) is 9.91. The lowest BCUT2D eigenvalue weighted by molar-refractivity contribution is -0.139. The summed E-state index contributed by atoms with van der Waals surface area (Å²) in [6.45, 7) is 3.64. The fourth-order valence-corrected chi connectivity index (χ4v) is 4.47. The first-order valence-corrected chi connectivity index (χ1v) is 10.2. The van der Waals surface area contributed by atoms with Gasteiger partial charge in [-0.2, -0.15) is 0 Å². The van der Waals surface area contributed by atoms with E-state index in [2.05, 4.69) is 9.97 Å². The van der Waals surface area contributed by atoms with E-state index in [0.29, 0.717) is 19.5 Å². The summed E-state index contributed by atoms with van der Waals surface area (Å²) < 4.78 is 2.03. The minimum atomic E-state index is -0.220. The monoisotopic (exact) mass is 397 g/mol. The average Bonchev–Trinajstić information content (AvgIpc) is 3.25. The number of aryl methyl sites for hydroxylation is 1. The topological polar surface area (TPSA) is 91.6 Å². The van der Waals surface area contributed by atoms with E-state index in [1.54, 1.807) is 23.5 Å². The van der Waals surface area contributed by atoms with E-state index in [1.165, 1.54) is 12.3 Å². The molecule has 8 nitrogen and oxygen atoms in total. The van der Waals surface area contributed by atoms with E-state index in [0.717, 1.165) is 45.3 Å². The van der Waals surface area contributed by atoms with E-state index in [1.807, 2.05) is 15.7 Å². The molecular weight excluding hydrogens is 370 g/mol. The Kier molecular flexibility index (Phi) is 5.51. The van der Waals surface area contributed by atoms with Gasteiger partial charge < -0.3 is 19.5 Å². The molecule has 0 radical (unpaired) electrons. The molecule has 0 unspecified atom stereocenters. The molecular formula is C21H27N5O3. The van der Waals surface area contributed by atoms with Gasteiger partial charge in [-0.3, -0.25) is 9.59 Å². The highest BCUT2D eigenvalue weighted by Gasteiger charge is 2.41. The first-order valence-electron chi connectivity index (χ1n) is 10.2. The fraction of sp³-hybridized carbons (Fsp3) is 0.524. The highest BCUT2D eigenvalue weighted by atomic mass is 16.3. The number of nitrogens with zero attached hydrogens (tertiary/aromatic N) is 5. The minimum absolute atomic E-state index is 0.0786. The molecule has 0 saturated carbocycles. The van der Waals surface area contributed by atoms with Crippen LogP contribution >= 0.6 is 0 Å². The number of aromatic hydroxyl groups is 1. The molecule has 2 aliphatic rings. The molecule has 2 aliphatic heterocycles. The normalized spacial score (nSPS) is 19.0. The van der Waals surface area contributed by atoms with Gasteiger partial charge in [-0.05, 0) is 43.2 Å². The van der Waals surface area contributed by atoms with Crippen LogP contribution in [0, 0.1) is 5.41 Å². The molecule has 0 aromatic carbocycles. The Morgan fingerprint density at radius 3 is 2.72 bits per heavy atom. The second kappa shape index (κ2) is 8.23. The van der Waals surface area contributed by atoms with Crippen molar-refractivity contribution in [3.05, 3.63) is 42.7 Å². The zero-order valence-electron chi connectivity index (χ0n) is 16.5. The number of imidazole rings is 1. The van der Waals surface area contributed by atoms with Gasteiger partial charge in [0.05, 0.1) is 6.33 Å². The van der Waals surface area contributed by atoms with Gasteiger partial charge in [-0.15, -0.1) is 0 Å². The van der Waals surface area contributed by atoms with Crippen LogP contribution in [0.1, 0.15) is 42.6 Å². The zero-order chi connectivity index (χ0) is 20.3. The molecule has 29 heavy (non-hydrogen) atoms. The molecule has 2 aromatic heterocycles. The second-order valence-corrected chi connectivity index (χ2v) is 8.13. The Hall–Kier alpha value is -2.90. The number of aromatic nitrogens is 3. The van der Waals surface area contributed by atoms with Gasteiger partial charge in [0.15, 0.2) is 5.69 Å². The van der Waals surface area contributed by atoms with Crippen LogP contribution in [-0.2, 0) is 11.3 Å². The lowest BCUT2D eigenvalue weighted by atomic mass is 9.72. The van der Waals surface area contributed by atoms with Crippen LogP contribution in [0.5, 0.6) is 5.75 Å². The van der Waals surface area contributed by atoms with Gasteiger partial charge in [0.2, 0.25) is 5.91 Å². The number of pyridine rings is 1. The predicted octanol–water partition coefficient (Wildman–Crippen LogP) is 1.92. The number of piperidine rings is 2. The molecule has 1 N–H and O–H groups in total. The standard InChI is InChI=1S/C21H27N5O3/c27-17-3-1-8-23-19(17)20(29)25-12-6-21(7-13-25)5-4-18(28)26(15-21)11-2-10-24-14-9-22-16-24/h1,3,8-9,14,16,27H,2,4-7,10-13,15H2. The summed E-state index contributed by atoms with van der Waals surface area (Å²) in [6.07, 6.45) is 11.1. The van der Waals surface area contributed by atoms with Crippen molar-refractivity contribution >= 4 is 11.8 Å². The van der Waals surface area contributed by atoms with Crippen LogP contribution in [-0.4, -0.2) is 67.4 Å². The number of carbonyl (C=O) groups is 2. The van der Waals surface area contributed by atoms with Gasteiger partial charge in [0, 0.05) is 57.7 Å². The predicted molar refractivity (Wildman–Crippen MR) is 106 cm³/mol. The largest absolute Gasteiger partial charge is 0.505 e. The van der Waals surface area contributed by atoms with Gasteiger partial charge in [0.25, 0.3) is 5.91 Å². The number of hydrogen-bond donors (Lipinski definition) is 1. The van der Waals surface area contributed by atoms with Crippen LogP contribution in [0.25, 0.3) is 0 Å². The maximum absolute atomic E-state index is 12.7. The smallest absolute Gasteiger partial charge is 0.276 e. The van der Waals surface area contributed by atoms with Crippen molar-refractivity contribution in [2.24, 2.45) is 5.41 Å². The second-order valence-electron chi connectivity index (χ2n) is 8.13. The summed E-state index contributed by atoms with van der Waals surface area (Å²) in [7, 11) is 0. The third-order valence-corrected chi connectivity index (χ3v) is 6.25. The van der Waals surface area contributed by atoms with Crippen molar-refractivity contribution in [2.45, 2.75) is 38.6 Å². The summed E-state index contributed by atoms with van der Waals surface area (Å²) in [6, 6.07) is 3.10. The van der Waals surface area contributed by atoms with E-state index in [-0.39, 0.29) is 28.7 Å². The van der Waals surface area contributed by atoms with Crippen molar-refractivity contribution in [1.82, 2.24) is 24.3 Å². The van der Waals surface area contributed by atoms with Gasteiger partial charge >= 0.3 is 0 Å². The zero-order valence-corrected chi connectivity index (χ0v) is 16.5. The van der Waals surface area contributed by atoms with Crippen molar-refractivity contribution in [3.8, 4) is 5.75 Å². The molecule has 2 amide bonds. The van der Waals surface area contributed by atoms with E-state index in [4.69, 9.17) is 0 Å². The molecule has 2 fully saturated rings. The van der Waals surface area contributed by atoms with Crippen molar-refractivity contribution < 1.29 is 14.7 Å². The van der Waals surface area contributed by atoms with Crippen LogP contribution < -0.4 is 0 Å². The first-order chi connectivity index (χ1) is 14.1. The molecule has 0 bridgehead atoms. The maximum atomic E-state index is 12.7. The van der Waals surface area contributed by atoms with E-state index >= 15 is 0 Å². The number of likely N-dealkylation sites (tertiary alicyclic amines) is 2. The van der Waals surface area contributed by atoms with Crippen molar-refractivity contribution in [1.29, 1.82) is 0 Å². The summed E-state index contributed by atoms with van der Waals surface area (Å²) in [5.74, 6) is -0.0645. The highest BCUT2D eigenvalue weighted by molar-refractivity contribution is 5.94. The highest BCUT2D eigenvalue weighted by Crippen LogP contribution is 2.40. The number of amides is 2. The molecule has 1 spiro atoms. The summed E-state index contributed by atoms with van der Waals surface area (Å²) in [4.78, 5) is 37.0. The fourth-order valence-electron chi connectivity index (χ4n) is 4.47. The lowest BCUT2D eigenvalue weighted by Gasteiger charge is -2.47. The van der Waals surface area contributed by atoms with Crippen LogP contribution in [0.4, 0.5) is 0 Å². The number of carbonyl (C=O) groups excluding carboxylic acids is 2. The Labute approximate surface area is 170 Å². The average molecular weight is 397 g/mol. The van der Waals surface area contributed by atoms with E-state index in [9.17, 15) is 14.7 Å². The van der Waals surface area contributed by atoms with Crippen LogP contribution in [0.15, 0.2) is 37.1 Å². The lowest BCUT2D eigenvalue weighted by Crippen LogP contribution is -2.52. The van der Waals surface area contributed by atoms with Gasteiger partial charge in [-0.1, -0.05) is 0 Å². The Morgan fingerprint density at radius 2 is 2.00 bits per heavy atom. The quantitative estimate of drug-likeness (QED) is 0.832. The summed E-state index contributed by atoms with van der Waals surface area (Å²) >= 11 is 0. The third-order valence-electron chi connectivity index (χ3n) is 6.25. The molecule has 0 aliphatic carbocycles. The van der Waals surface area contributed by atoms with Gasteiger partial charge in [0.1, 0.15) is 5.75 Å². The summed E-state index contributed by atoms with van der Waals surface area (Å²) in [5.41, 5.74) is 0.203. The Balaban J connectivity index is 1.33. The molecule has 154 valence electrons.